The van der Waals surface area contributed by atoms with E-state index in [2.05, 4.69) is 5.32 Å². The molecule has 0 aliphatic carbocycles. The van der Waals surface area contributed by atoms with Gasteiger partial charge in [0.2, 0.25) is 5.91 Å². The number of nitrogens with one attached hydrogen (secondary N) is 1. The van der Waals surface area contributed by atoms with Gasteiger partial charge in [-0.25, -0.2) is 8.78 Å². The lowest BCUT2D eigenvalue weighted by atomic mass is 9.77. The van der Waals surface area contributed by atoms with Gasteiger partial charge in [-0.3, -0.25) is 4.79 Å². The number of methoxy groups -OCH3 is 1. The van der Waals surface area contributed by atoms with E-state index in [1.807, 2.05) is 37.3 Å². The van der Waals surface area contributed by atoms with Crippen molar-refractivity contribution in [1.82, 2.24) is 5.32 Å². The molecule has 0 radical (unpaired) electrons. The number of ether oxygens (including phenoxy) is 2. The van der Waals surface area contributed by atoms with Crippen LogP contribution in [-0.4, -0.2) is 26.6 Å². The summed E-state index contributed by atoms with van der Waals surface area (Å²) in [6, 6.07) is 13.3. The van der Waals surface area contributed by atoms with Gasteiger partial charge in [0.15, 0.2) is 17.2 Å². The van der Waals surface area contributed by atoms with E-state index >= 15 is 8.78 Å². The Bertz CT molecular complexity index is 1240. The summed E-state index contributed by atoms with van der Waals surface area (Å²) in [4.78, 5) is 12.2. The molecule has 5 nitrogen and oxygen atoms in total. The second-order valence-corrected chi connectivity index (χ2v) is 8.32. The largest absolute Gasteiger partial charge is 0.494 e. The first-order chi connectivity index (χ1) is 15.8. The highest BCUT2D eigenvalue weighted by atomic mass is 35.5. The summed E-state index contributed by atoms with van der Waals surface area (Å²) in [5.74, 6) is -2.85. The predicted molar refractivity (Wildman–Crippen MR) is 123 cm³/mol. The van der Waals surface area contributed by atoms with Gasteiger partial charge in [-0.15, -0.1) is 0 Å². The van der Waals surface area contributed by atoms with Crippen LogP contribution in [0.25, 0.3) is 11.1 Å². The van der Waals surface area contributed by atoms with Gasteiger partial charge >= 0.3 is 0 Å². The van der Waals surface area contributed by atoms with Gasteiger partial charge in [0.05, 0.1) is 17.7 Å². The van der Waals surface area contributed by atoms with Gasteiger partial charge < -0.3 is 20.5 Å². The fraction of sp³-hybridized carbons (Fsp3) is 0.240. The van der Waals surface area contributed by atoms with Gasteiger partial charge in [0, 0.05) is 35.2 Å². The number of carbonyl (C=O) groups excluding carboxylic acids is 1. The van der Waals surface area contributed by atoms with Crippen LogP contribution in [-0.2, 0) is 5.60 Å². The molecule has 1 aliphatic rings. The Balaban J connectivity index is 2.06. The summed E-state index contributed by atoms with van der Waals surface area (Å²) in [5.41, 5.74) is 5.63. The Kier molecular flexibility index (Phi) is 6.03. The molecular formula is C25H23ClF2N2O3. The number of primary amides is 1. The molecule has 172 valence electrons. The van der Waals surface area contributed by atoms with Crippen molar-refractivity contribution >= 4 is 17.5 Å². The summed E-state index contributed by atoms with van der Waals surface area (Å²) >= 11 is 6.43. The first-order valence-corrected chi connectivity index (χ1v) is 10.7. The Labute approximate surface area is 195 Å². The molecule has 1 heterocycles. The van der Waals surface area contributed by atoms with Crippen LogP contribution in [0.3, 0.4) is 0 Å². The monoisotopic (exact) mass is 472 g/mol. The zero-order valence-corrected chi connectivity index (χ0v) is 19.1. The Morgan fingerprint density at radius 3 is 2.52 bits per heavy atom. The minimum absolute atomic E-state index is 0.0262. The number of benzene rings is 3. The third-order valence-corrected chi connectivity index (χ3v) is 6.56. The molecule has 2 unspecified atom stereocenters. The summed E-state index contributed by atoms with van der Waals surface area (Å²) in [6.45, 7) is 2.28. The second-order valence-electron chi connectivity index (χ2n) is 7.94. The van der Waals surface area contributed by atoms with E-state index in [4.69, 9.17) is 26.8 Å². The number of hydrogen-bond donors (Lipinski definition) is 2. The van der Waals surface area contributed by atoms with Gasteiger partial charge in [-0.05, 0) is 24.7 Å². The highest BCUT2D eigenvalue weighted by Crippen LogP contribution is 2.56. The van der Waals surface area contributed by atoms with Crippen LogP contribution in [0.2, 0.25) is 5.02 Å². The van der Waals surface area contributed by atoms with Crippen LogP contribution in [0.4, 0.5) is 8.78 Å². The van der Waals surface area contributed by atoms with Crippen LogP contribution >= 0.6 is 11.6 Å². The molecule has 1 aliphatic heterocycles. The molecule has 0 bridgehead atoms. The van der Waals surface area contributed by atoms with Crippen molar-refractivity contribution in [2.75, 3.05) is 20.7 Å². The number of likely N-dealkylation sites (N-methyl/N-ethyl adjacent to an activating group) is 1. The lowest BCUT2D eigenvalue weighted by Gasteiger charge is -2.33. The maximum atomic E-state index is 15.6. The lowest BCUT2D eigenvalue weighted by molar-refractivity contribution is 0.0719. The zero-order valence-electron chi connectivity index (χ0n) is 18.3. The van der Waals surface area contributed by atoms with Crippen LogP contribution in [0, 0.1) is 11.6 Å². The SMILES string of the molecule is CNCC1(c2ccccc2)Oc2cc(F)c(Cl)c(-c3c(C(N)=O)ccc(OC)c3F)c2C1C. The van der Waals surface area contributed by atoms with Crippen molar-refractivity contribution in [3.8, 4) is 22.6 Å². The Morgan fingerprint density at radius 2 is 1.91 bits per heavy atom. The van der Waals surface area contributed by atoms with E-state index in [1.54, 1.807) is 7.05 Å². The minimum atomic E-state index is -0.924. The quantitative estimate of drug-likeness (QED) is 0.529. The molecule has 8 heteroatoms. The number of hydrogen-bond acceptors (Lipinski definition) is 4. The first kappa shape index (κ1) is 23.0. The number of halogens is 3. The van der Waals surface area contributed by atoms with E-state index in [-0.39, 0.29) is 33.2 Å². The second kappa shape index (κ2) is 8.65. The molecule has 0 spiro atoms. The fourth-order valence-corrected chi connectivity index (χ4v) is 4.89. The van der Waals surface area contributed by atoms with Crippen LogP contribution in [0.1, 0.15) is 34.3 Å². The molecule has 3 N–H and O–H groups in total. The van der Waals surface area contributed by atoms with Crippen molar-refractivity contribution in [3.05, 3.63) is 81.9 Å². The van der Waals surface area contributed by atoms with Gasteiger partial charge in [-0.1, -0.05) is 48.9 Å². The number of carbonyl (C=O) groups is 1. The van der Waals surface area contributed by atoms with Crippen LogP contribution in [0.5, 0.6) is 11.5 Å². The molecule has 3 aromatic carbocycles. The fourth-order valence-electron chi connectivity index (χ4n) is 4.64. The van der Waals surface area contributed by atoms with Crippen molar-refractivity contribution in [2.45, 2.75) is 18.4 Å². The average Bonchev–Trinajstić information content (AvgIpc) is 3.07. The highest BCUT2D eigenvalue weighted by molar-refractivity contribution is 6.34. The maximum Gasteiger partial charge on any atom is 0.249 e. The molecule has 33 heavy (non-hydrogen) atoms. The van der Waals surface area contributed by atoms with Crippen LogP contribution < -0.4 is 20.5 Å². The summed E-state index contributed by atoms with van der Waals surface area (Å²) < 4.78 is 42.1. The molecule has 3 aromatic rings. The lowest BCUT2D eigenvalue weighted by Crippen LogP contribution is -2.43. The van der Waals surface area contributed by atoms with E-state index < -0.39 is 29.1 Å². The third-order valence-electron chi connectivity index (χ3n) is 6.19. The molecule has 0 aromatic heterocycles. The smallest absolute Gasteiger partial charge is 0.249 e. The molecule has 0 fully saturated rings. The number of fused-ring (bicyclic) bond motifs is 1. The molecule has 0 saturated heterocycles. The highest BCUT2D eigenvalue weighted by Gasteiger charge is 2.49. The summed E-state index contributed by atoms with van der Waals surface area (Å²) in [6.07, 6.45) is 0. The van der Waals surface area contributed by atoms with Crippen molar-refractivity contribution in [3.63, 3.8) is 0 Å². The minimum Gasteiger partial charge on any atom is -0.494 e. The van der Waals surface area contributed by atoms with E-state index in [1.165, 1.54) is 25.3 Å². The average molecular weight is 473 g/mol. The predicted octanol–water partition coefficient (Wildman–Crippen LogP) is 5.00. The summed E-state index contributed by atoms with van der Waals surface area (Å²) in [7, 11) is 3.08. The zero-order chi connectivity index (χ0) is 23.9. The topological polar surface area (TPSA) is 73.6 Å². The number of nitrogens with two attached hydrogens (primary N) is 1. The Morgan fingerprint density at radius 1 is 1.21 bits per heavy atom. The standard InChI is InChI=1S/C25H23ClF2N2O3/c1-13-19-18(33-25(13,12-30-2)14-7-5-4-6-8-14)11-16(27)22(26)21(19)20-15(24(29)31)9-10-17(32-3)23(20)28/h4-11,13,30H,12H2,1-3H3,(H2,29,31). The molecule has 0 saturated carbocycles. The van der Waals surface area contributed by atoms with Crippen molar-refractivity contribution in [2.24, 2.45) is 5.73 Å². The van der Waals surface area contributed by atoms with Gasteiger partial charge in [0.1, 0.15) is 11.6 Å². The van der Waals surface area contributed by atoms with E-state index in [0.29, 0.717) is 12.1 Å². The summed E-state index contributed by atoms with van der Waals surface area (Å²) in [5, 5.41) is 2.82. The molecular weight excluding hydrogens is 450 g/mol. The molecule has 4 rings (SSSR count). The molecule has 2 atom stereocenters. The number of rotatable bonds is 6. The third kappa shape index (κ3) is 3.52. The van der Waals surface area contributed by atoms with Crippen molar-refractivity contribution in [1.29, 1.82) is 0 Å². The van der Waals surface area contributed by atoms with Crippen LogP contribution in [0.15, 0.2) is 48.5 Å². The van der Waals surface area contributed by atoms with Crippen molar-refractivity contribution < 1.29 is 23.0 Å². The van der Waals surface area contributed by atoms with E-state index in [9.17, 15) is 4.79 Å². The normalized spacial score (nSPS) is 19.2. The van der Waals surface area contributed by atoms with Gasteiger partial charge in [0.25, 0.3) is 0 Å². The number of amides is 1. The molecule has 1 amide bonds. The Hall–Kier alpha value is -3.16. The first-order valence-electron chi connectivity index (χ1n) is 10.3. The maximum absolute atomic E-state index is 15.6. The van der Waals surface area contributed by atoms with Gasteiger partial charge in [-0.2, -0.15) is 0 Å². The van der Waals surface area contributed by atoms with E-state index in [0.717, 1.165) is 5.56 Å².